The maximum Gasteiger partial charge on any atom is 0.283 e. The van der Waals surface area contributed by atoms with Gasteiger partial charge in [-0.05, 0) is 53.7 Å². The van der Waals surface area contributed by atoms with Gasteiger partial charge in [0.1, 0.15) is 0 Å². The zero-order valence-electron chi connectivity index (χ0n) is 11.7. The fraction of sp³-hybridized carbons (Fsp3) is 0.538. The molecule has 2 aliphatic heterocycles. The topological polar surface area (TPSA) is 101 Å². The van der Waals surface area contributed by atoms with E-state index in [1.165, 1.54) is 18.2 Å². The van der Waals surface area contributed by atoms with E-state index in [-0.39, 0.29) is 21.1 Å². The molecule has 120 valence electrons. The lowest BCUT2D eigenvalue weighted by Gasteiger charge is -2.29. The number of nitrogens with one attached hydrogen (secondary N) is 2. The van der Waals surface area contributed by atoms with Crippen LogP contribution in [-0.4, -0.2) is 31.5 Å². The van der Waals surface area contributed by atoms with Gasteiger partial charge in [0.05, 0.1) is 14.3 Å². The number of nitro benzene ring substituents is 1. The van der Waals surface area contributed by atoms with E-state index in [4.69, 9.17) is 0 Å². The van der Waals surface area contributed by atoms with Crippen LogP contribution in [0, 0.1) is 10.1 Å². The Bertz CT molecular complexity index is 697. The van der Waals surface area contributed by atoms with Gasteiger partial charge in [-0.3, -0.25) is 10.1 Å². The lowest BCUT2D eigenvalue weighted by Crippen LogP contribution is -2.47. The molecular weight excluding hydrogens is 374 g/mol. The van der Waals surface area contributed by atoms with Crippen LogP contribution in [0.25, 0.3) is 0 Å². The zero-order chi connectivity index (χ0) is 15.9. The van der Waals surface area contributed by atoms with Crippen molar-refractivity contribution in [3.63, 3.8) is 0 Å². The van der Waals surface area contributed by atoms with Gasteiger partial charge >= 0.3 is 0 Å². The fourth-order valence-electron chi connectivity index (χ4n) is 3.24. The summed E-state index contributed by atoms with van der Waals surface area (Å²) in [5.74, 6) is 0. The van der Waals surface area contributed by atoms with E-state index in [0.717, 1.165) is 25.7 Å². The summed E-state index contributed by atoms with van der Waals surface area (Å²) in [6, 6.07) is 4.42. The Kier molecular flexibility index (Phi) is 4.23. The smallest absolute Gasteiger partial charge is 0.283 e. The summed E-state index contributed by atoms with van der Waals surface area (Å²) in [5, 5.41) is 14.2. The Morgan fingerprint density at radius 1 is 1.27 bits per heavy atom. The molecule has 2 aliphatic rings. The highest BCUT2D eigenvalue weighted by Crippen LogP contribution is 2.30. The Hall–Kier alpha value is -1.03. The van der Waals surface area contributed by atoms with Crippen molar-refractivity contribution in [2.24, 2.45) is 0 Å². The van der Waals surface area contributed by atoms with E-state index < -0.39 is 14.9 Å². The molecule has 7 nitrogen and oxygen atoms in total. The minimum Gasteiger partial charge on any atom is -0.311 e. The van der Waals surface area contributed by atoms with Crippen LogP contribution in [-0.2, 0) is 10.0 Å². The summed E-state index contributed by atoms with van der Waals surface area (Å²) in [5.41, 5.74) is -0.154. The van der Waals surface area contributed by atoms with Crippen LogP contribution in [0.4, 0.5) is 5.69 Å². The maximum absolute atomic E-state index is 12.4. The summed E-state index contributed by atoms with van der Waals surface area (Å²) in [4.78, 5) is 10.3. The summed E-state index contributed by atoms with van der Waals surface area (Å²) in [6.45, 7) is 0. The van der Waals surface area contributed by atoms with Crippen molar-refractivity contribution in [3.05, 3.63) is 32.8 Å². The molecule has 2 bridgehead atoms. The molecule has 0 aliphatic carbocycles. The van der Waals surface area contributed by atoms with E-state index in [2.05, 4.69) is 26.0 Å². The maximum atomic E-state index is 12.4. The molecule has 2 N–H and O–H groups in total. The normalized spacial score (nSPS) is 27.8. The van der Waals surface area contributed by atoms with Gasteiger partial charge in [0.25, 0.3) is 5.69 Å². The summed E-state index contributed by atoms with van der Waals surface area (Å²) >= 11 is 3.05. The highest BCUT2D eigenvalue weighted by atomic mass is 79.9. The number of benzene rings is 1. The second-order valence-electron chi connectivity index (χ2n) is 5.80. The Morgan fingerprint density at radius 2 is 1.91 bits per heavy atom. The minimum absolute atomic E-state index is 0.0378. The molecule has 0 aromatic heterocycles. The highest BCUT2D eigenvalue weighted by Gasteiger charge is 2.35. The Balaban J connectivity index is 1.78. The van der Waals surface area contributed by atoms with Gasteiger partial charge in [0.2, 0.25) is 10.0 Å². The molecule has 0 saturated carbocycles. The Morgan fingerprint density at radius 3 is 2.45 bits per heavy atom. The van der Waals surface area contributed by atoms with Gasteiger partial charge in [0.15, 0.2) is 0 Å². The van der Waals surface area contributed by atoms with Crippen LogP contribution in [0.5, 0.6) is 0 Å². The van der Waals surface area contributed by atoms with Crippen LogP contribution in [0.2, 0.25) is 0 Å². The first-order valence-corrected chi connectivity index (χ1v) is 9.35. The van der Waals surface area contributed by atoms with Gasteiger partial charge in [-0.2, -0.15) is 0 Å². The number of fused-ring (bicyclic) bond motifs is 2. The van der Waals surface area contributed by atoms with Crippen molar-refractivity contribution in [1.82, 2.24) is 10.0 Å². The van der Waals surface area contributed by atoms with Gasteiger partial charge in [-0.1, -0.05) is 0 Å². The van der Waals surface area contributed by atoms with Crippen LogP contribution in [0.1, 0.15) is 25.7 Å². The average Bonchev–Trinajstić information content (AvgIpc) is 2.77. The van der Waals surface area contributed by atoms with Crippen molar-refractivity contribution >= 4 is 31.6 Å². The average molecular weight is 390 g/mol. The summed E-state index contributed by atoms with van der Waals surface area (Å²) in [6.07, 6.45) is 3.74. The third-order valence-corrected chi connectivity index (χ3v) is 6.37. The van der Waals surface area contributed by atoms with Crippen LogP contribution >= 0.6 is 15.9 Å². The minimum atomic E-state index is -3.67. The molecule has 1 aromatic carbocycles. The predicted octanol–water partition coefficient (Wildman–Crippen LogP) is 1.92. The first-order chi connectivity index (χ1) is 10.3. The molecule has 2 heterocycles. The van der Waals surface area contributed by atoms with E-state index in [9.17, 15) is 18.5 Å². The molecule has 2 fully saturated rings. The van der Waals surface area contributed by atoms with Crippen molar-refractivity contribution in [3.8, 4) is 0 Å². The molecule has 0 radical (unpaired) electrons. The summed E-state index contributed by atoms with van der Waals surface area (Å²) in [7, 11) is -3.67. The molecule has 9 heteroatoms. The monoisotopic (exact) mass is 389 g/mol. The number of hydrogen-bond donors (Lipinski definition) is 2. The quantitative estimate of drug-likeness (QED) is 0.604. The number of hydrogen-bond acceptors (Lipinski definition) is 5. The van der Waals surface area contributed by atoms with E-state index in [1.807, 2.05) is 0 Å². The van der Waals surface area contributed by atoms with Gasteiger partial charge in [-0.15, -0.1) is 0 Å². The largest absolute Gasteiger partial charge is 0.311 e. The molecule has 1 aromatic rings. The molecule has 2 saturated heterocycles. The highest BCUT2D eigenvalue weighted by molar-refractivity contribution is 9.10. The molecule has 2 atom stereocenters. The second-order valence-corrected chi connectivity index (χ2v) is 8.37. The first kappa shape index (κ1) is 15.9. The molecular formula is C13H16BrN3O4S. The predicted molar refractivity (Wildman–Crippen MR) is 84.1 cm³/mol. The number of sulfonamides is 1. The third kappa shape index (κ3) is 3.17. The zero-order valence-corrected chi connectivity index (χ0v) is 14.1. The van der Waals surface area contributed by atoms with Gasteiger partial charge in [0, 0.05) is 24.2 Å². The Labute approximate surface area is 136 Å². The van der Waals surface area contributed by atoms with Crippen molar-refractivity contribution in [1.29, 1.82) is 0 Å². The van der Waals surface area contributed by atoms with Gasteiger partial charge < -0.3 is 5.32 Å². The first-order valence-electron chi connectivity index (χ1n) is 7.07. The van der Waals surface area contributed by atoms with Crippen LogP contribution in [0.15, 0.2) is 27.6 Å². The van der Waals surface area contributed by atoms with Crippen molar-refractivity contribution in [2.75, 3.05) is 0 Å². The van der Waals surface area contributed by atoms with Crippen LogP contribution in [0.3, 0.4) is 0 Å². The number of rotatable bonds is 4. The van der Waals surface area contributed by atoms with Crippen LogP contribution < -0.4 is 10.0 Å². The van der Waals surface area contributed by atoms with E-state index in [1.54, 1.807) is 0 Å². The number of piperidine rings is 1. The summed E-state index contributed by atoms with van der Waals surface area (Å²) < 4.78 is 27.8. The SMILES string of the molecule is O=[N+]([O-])c1ccc(S(=O)(=O)NC2CC3CCC(C2)N3)cc1Br. The molecule has 0 amide bonds. The van der Waals surface area contributed by atoms with Crippen molar-refractivity contribution in [2.45, 2.75) is 48.7 Å². The number of nitrogens with zero attached hydrogens (tertiary/aromatic N) is 1. The lowest BCUT2D eigenvalue weighted by atomic mass is 10.0. The second kappa shape index (κ2) is 5.88. The van der Waals surface area contributed by atoms with Crippen molar-refractivity contribution < 1.29 is 13.3 Å². The fourth-order valence-corrected chi connectivity index (χ4v) is 5.21. The molecule has 3 rings (SSSR count). The molecule has 2 unspecified atom stereocenters. The standard InChI is InChI=1S/C13H16BrN3O4S/c14-12-7-11(3-4-13(12)17(18)19)22(20,21)16-10-5-8-1-2-9(6-10)15-8/h3-4,7-10,15-16H,1-2,5-6H2. The van der Waals surface area contributed by atoms with Gasteiger partial charge in [-0.25, -0.2) is 13.1 Å². The number of nitro groups is 1. The number of halogens is 1. The van der Waals surface area contributed by atoms with E-state index >= 15 is 0 Å². The molecule has 0 spiro atoms. The molecule has 22 heavy (non-hydrogen) atoms. The lowest BCUT2D eigenvalue weighted by molar-refractivity contribution is -0.385. The van der Waals surface area contributed by atoms with E-state index in [0.29, 0.717) is 12.1 Å². The third-order valence-electron chi connectivity index (χ3n) is 4.22.